The molecule has 2 rings (SSSR count). The molecule has 1 aromatic carbocycles. The molecule has 0 unspecified atom stereocenters. The highest BCUT2D eigenvalue weighted by molar-refractivity contribution is 9.10. The molecule has 1 atom stereocenters. The Morgan fingerprint density at radius 2 is 2.05 bits per heavy atom. The summed E-state index contributed by atoms with van der Waals surface area (Å²) in [6.07, 6.45) is 1.81. The van der Waals surface area contributed by atoms with Crippen LogP contribution in [0.2, 0.25) is 0 Å². The Bertz CT molecular complexity index is 522. The average Bonchev–Trinajstić information content (AvgIpc) is 2.83. The Labute approximate surface area is 120 Å². The van der Waals surface area contributed by atoms with Gasteiger partial charge in [-0.05, 0) is 19.1 Å². The zero-order chi connectivity index (χ0) is 13.8. The van der Waals surface area contributed by atoms with Gasteiger partial charge in [0.25, 0.3) is 0 Å². The second-order valence-electron chi connectivity index (χ2n) is 4.41. The number of hydrogen-bond acceptors (Lipinski definition) is 4. The Kier molecular flexibility index (Phi) is 4.50. The van der Waals surface area contributed by atoms with E-state index in [1.165, 1.54) is 0 Å². The topological polar surface area (TPSA) is 55.4 Å². The highest BCUT2D eigenvalue weighted by Crippen LogP contribution is 2.11. The van der Waals surface area contributed by atoms with Crippen molar-refractivity contribution in [1.29, 1.82) is 0 Å². The Hall–Kier alpha value is -1.46. The van der Waals surface area contributed by atoms with Crippen LogP contribution in [0.15, 0.2) is 40.4 Å². The van der Waals surface area contributed by atoms with E-state index >= 15 is 0 Å². The third-order valence-corrected chi connectivity index (χ3v) is 3.35. The lowest BCUT2D eigenvalue weighted by atomic mass is 10.1. The number of hydrogen-bond donors (Lipinski definition) is 1. The minimum absolute atomic E-state index is 0.209. The molecule has 100 valence electrons. The number of esters is 1. The minimum Gasteiger partial charge on any atom is -0.456 e. The largest absolute Gasteiger partial charge is 0.456 e. The number of rotatable bonds is 4. The van der Waals surface area contributed by atoms with E-state index in [1.807, 2.05) is 13.0 Å². The standard InChI is InChI=1S/C14H14BrNO3/c1-9-6-12(16-7-9)14(18)19-8-13(17)10-2-4-11(15)5-3-10/h2-6,12,16H,7-8H2,1H3/t12-/m0/s1. The zero-order valence-electron chi connectivity index (χ0n) is 10.5. The third-order valence-electron chi connectivity index (χ3n) is 2.82. The van der Waals surface area contributed by atoms with Crippen LogP contribution in [-0.4, -0.2) is 30.9 Å². The highest BCUT2D eigenvalue weighted by Gasteiger charge is 2.22. The fourth-order valence-electron chi connectivity index (χ4n) is 1.77. The minimum atomic E-state index is -0.433. The Morgan fingerprint density at radius 3 is 2.63 bits per heavy atom. The molecule has 1 N–H and O–H groups in total. The van der Waals surface area contributed by atoms with Crippen LogP contribution in [0.25, 0.3) is 0 Å². The van der Waals surface area contributed by atoms with Gasteiger partial charge in [-0.1, -0.05) is 39.7 Å². The van der Waals surface area contributed by atoms with Gasteiger partial charge < -0.3 is 4.74 Å². The van der Waals surface area contributed by atoms with Crippen LogP contribution in [0.5, 0.6) is 0 Å². The predicted octanol–water partition coefficient (Wildman–Crippen LogP) is 2.09. The summed E-state index contributed by atoms with van der Waals surface area (Å²) in [4.78, 5) is 23.5. The molecule has 1 aromatic rings. The van der Waals surface area contributed by atoms with Gasteiger partial charge in [0.2, 0.25) is 0 Å². The molecule has 0 aliphatic carbocycles. The molecule has 0 amide bonds. The van der Waals surface area contributed by atoms with Gasteiger partial charge in [0, 0.05) is 16.6 Å². The molecule has 0 bridgehead atoms. The summed E-state index contributed by atoms with van der Waals surface area (Å²) in [5.41, 5.74) is 1.63. The molecule has 5 heteroatoms. The molecule has 0 aromatic heterocycles. The zero-order valence-corrected chi connectivity index (χ0v) is 12.1. The van der Waals surface area contributed by atoms with E-state index in [0.29, 0.717) is 12.1 Å². The smallest absolute Gasteiger partial charge is 0.327 e. The first kappa shape index (κ1) is 14.0. The van der Waals surface area contributed by atoms with Crippen molar-refractivity contribution in [2.75, 3.05) is 13.2 Å². The maximum atomic E-state index is 11.8. The van der Waals surface area contributed by atoms with Gasteiger partial charge in [0.05, 0.1) is 0 Å². The van der Waals surface area contributed by atoms with Crippen molar-refractivity contribution < 1.29 is 14.3 Å². The van der Waals surface area contributed by atoms with Crippen molar-refractivity contribution in [3.63, 3.8) is 0 Å². The lowest BCUT2D eigenvalue weighted by Crippen LogP contribution is -2.33. The van der Waals surface area contributed by atoms with Crippen molar-refractivity contribution in [2.45, 2.75) is 13.0 Å². The molecule has 4 nitrogen and oxygen atoms in total. The second-order valence-corrected chi connectivity index (χ2v) is 5.33. The fraction of sp³-hybridized carbons (Fsp3) is 0.286. The van der Waals surface area contributed by atoms with Gasteiger partial charge in [-0.3, -0.25) is 10.1 Å². The van der Waals surface area contributed by atoms with Crippen LogP contribution >= 0.6 is 15.9 Å². The summed E-state index contributed by atoms with van der Waals surface area (Å²) < 4.78 is 5.91. The van der Waals surface area contributed by atoms with Gasteiger partial charge in [-0.2, -0.15) is 0 Å². The molecule has 1 aliphatic rings. The molecule has 0 saturated carbocycles. The lowest BCUT2D eigenvalue weighted by Gasteiger charge is -2.08. The summed E-state index contributed by atoms with van der Waals surface area (Å²) in [5, 5.41) is 2.99. The first-order chi connectivity index (χ1) is 9.06. The first-order valence-corrected chi connectivity index (χ1v) is 6.71. The number of nitrogens with one attached hydrogen (secondary N) is 1. The van der Waals surface area contributed by atoms with Gasteiger partial charge >= 0.3 is 5.97 Å². The van der Waals surface area contributed by atoms with E-state index in [2.05, 4.69) is 21.2 Å². The number of ketones is 1. The Morgan fingerprint density at radius 1 is 1.37 bits per heavy atom. The highest BCUT2D eigenvalue weighted by atomic mass is 79.9. The molecule has 1 heterocycles. The Balaban J connectivity index is 1.87. The van der Waals surface area contributed by atoms with E-state index in [9.17, 15) is 9.59 Å². The molecule has 0 fully saturated rings. The second kappa shape index (κ2) is 6.12. The van der Waals surface area contributed by atoms with E-state index < -0.39 is 12.0 Å². The van der Waals surface area contributed by atoms with Crippen molar-refractivity contribution >= 4 is 27.7 Å². The number of halogens is 1. The number of carbonyl (C=O) groups is 2. The normalized spacial score (nSPS) is 18.0. The van der Waals surface area contributed by atoms with E-state index in [1.54, 1.807) is 24.3 Å². The molecular weight excluding hydrogens is 310 g/mol. The van der Waals surface area contributed by atoms with Gasteiger partial charge in [0.1, 0.15) is 6.04 Å². The van der Waals surface area contributed by atoms with Gasteiger partial charge in [-0.25, -0.2) is 4.79 Å². The number of Topliss-reactive ketones (excluding diaryl/α,β-unsaturated/α-hetero) is 1. The van der Waals surface area contributed by atoms with E-state index in [0.717, 1.165) is 10.0 Å². The molecule has 1 aliphatic heterocycles. The van der Waals surface area contributed by atoms with Gasteiger partial charge in [0.15, 0.2) is 12.4 Å². The number of benzene rings is 1. The van der Waals surface area contributed by atoms with Crippen LogP contribution < -0.4 is 5.32 Å². The quantitative estimate of drug-likeness (QED) is 0.523. The molecular formula is C14H14BrNO3. The van der Waals surface area contributed by atoms with Crippen molar-refractivity contribution in [2.24, 2.45) is 0 Å². The van der Waals surface area contributed by atoms with Crippen molar-refractivity contribution in [3.8, 4) is 0 Å². The van der Waals surface area contributed by atoms with Crippen molar-refractivity contribution in [3.05, 3.63) is 46.0 Å². The van der Waals surface area contributed by atoms with E-state index in [-0.39, 0.29) is 12.4 Å². The molecule has 0 radical (unpaired) electrons. The summed E-state index contributed by atoms with van der Waals surface area (Å²) in [5.74, 6) is -0.623. The molecule has 0 spiro atoms. The first-order valence-electron chi connectivity index (χ1n) is 5.92. The van der Waals surface area contributed by atoms with Crippen LogP contribution in [0.1, 0.15) is 17.3 Å². The maximum Gasteiger partial charge on any atom is 0.327 e. The van der Waals surface area contributed by atoms with Gasteiger partial charge in [-0.15, -0.1) is 0 Å². The monoisotopic (exact) mass is 323 g/mol. The summed E-state index contributed by atoms with van der Waals surface area (Å²) in [6.45, 7) is 2.39. The van der Waals surface area contributed by atoms with E-state index in [4.69, 9.17) is 4.74 Å². The van der Waals surface area contributed by atoms with Crippen LogP contribution in [-0.2, 0) is 9.53 Å². The SMILES string of the molecule is CC1=C[C@@H](C(=O)OCC(=O)c2ccc(Br)cc2)NC1. The van der Waals surface area contributed by atoms with Crippen LogP contribution in [0, 0.1) is 0 Å². The third kappa shape index (κ3) is 3.75. The number of ether oxygens (including phenoxy) is 1. The molecule has 0 saturated heterocycles. The summed E-state index contributed by atoms with van der Waals surface area (Å²) >= 11 is 3.30. The van der Waals surface area contributed by atoms with Crippen molar-refractivity contribution in [1.82, 2.24) is 5.32 Å². The average molecular weight is 324 g/mol. The molecule has 19 heavy (non-hydrogen) atoms. The fourth-order valence-corrected chi connectivity index (χ4v) is 2.03. The summed E-state index contributed by atoms with van der Waals surface area (Å²) in [6, 6.07) is 6.51. The number of carbonyl (C=O) groups excluding carboxylic acids is 2. The predicted molar refractivity (Wildman–Crippen MR) is 75.0 cm³/mol. The van der Waals surface area contributed by atoms with Crippen LogP contribution in [0.3, 0.4) is 0 Å². The van der Waals surface area contributed by atoms with Crippen LogP contribution in [0.4, 0.5) is 0 Å². The lowest BCUT2D eigenvalue weighted by molar-refractivity contribution is -0.143. The summed E-state index contributed by atoms with van der Waals surface area (Å²) in [7, 11) is 0. The maximum absolute atomic E-state index is 11.8.